The number of amides is 3. The molecule has 2 fully saturated rings. The molecule has 1 aromatic heterocycles. The molecule has 0 bridgehead atoms. The summed E-state index contributed by atoms with van der Waals surface area (Å²) in [6, 6.07) is 17.0. The second kappa shape index (κ2) is 10.9. The predicted octanol–water partition coefficient (Wildman–Crippen LogP) is 3.83. The number of pyridine rings is 1. The van der Waals surface area contributed by atoms with Crippen molar-refractivity contribution >= 4 is 29.3 Å². The van der Waals surface area contributed by atoms with Gasteiger partial charge in [-0.1, -0.05) is 35.9 Å². The zero-order valence-corrected chi connectivity index (χ0v) is 21.9. The lowest BCUT2D eigenvalue weighted by molar-refractivity contribution is -0.128. The van der Waals surface area contributed by atoms with Crippen molar-refractivity contribution in [1.82, 2.24) is 20.1 Å². The highest BCUT2D eigenvalue weighted by molar-refractivity contribution is 6.30. The summed E-state index contributed by atoms with van der Waals surface area (Å²) in [4.78, 5) is 47.9. The molecule has 2 aromatic carbocycles. The minimum Gasteiger partial charge on any atom is -0.353 e. The molecule has 0 saturated carbocycles. The highest BCUT2D eigenvalue weighted by atomic mass is 35.5. The van der Waals surface area contributed by atoms with Crippen LogP contribution in [-0.4, -0.2) is 64.0 Å². The van der Waals surface area contributed by atoms with Gasteiger partial charge in [0.1, 0.15) is 11.8 Å². The quantitative estimate of drug-likeness (QED) is 0.539. The van der Waals surface area contributed by atoms with Crippen molar-refractivity contribution in [1.29, 1.82) is 0 Å². The highest BCUT2D eigenvalue weighted by Crippen LogP contribution is 2.39. The maximum atomic E-state index is 14.0. The number of hydrogen-bond donors (Lipinski definition) is 1. The van der Waals surface area contributed by atoms with Crippen LogP contribution in [0.2, 0.25) is 5.02 Å². The fourth-order valence-corrected chi connectivity index (χ4v) is 5.28. The van der Waals surface area contributed by atoms with E-state index in [0.29, 0.717) is 48.6 Å². The van der Waals surface area contributed by atoms with Crippen LogP contribution >= 0.6 is 11.6 Å². The van der Waals surface area contributed by atoms with E-state index in [1.807, 2.05) is 37.3 Å². The Kier molecular flexibility index (Phi) is 7.44. The van der Waals surface area contributed by atoms with Crippen molar-refractivity contribution in [3.8, 4) is 0 Å². The Morgan fingerprint density at radius 1 is 1.03 bits per heavy atom. The monoisotopic (exact) mass is 532 g/mol. The number of rotatable bonds is 5. The van der Waals surface area contributed by atoms with Gasteiger partial charge in [0.15, 0.2) is 0 Å². The first-order valence-electron chi connectivity index (χ1n) is 12.6. The summed E-state index contributed by atoms with van der Waals surface area (Å²) >= 11 is 5.97. The van der Waals surface area contributed by atoms with E-state index in [4.69, 9.17) is 16.3 Å². The van der Waals surface area contributed by atoms with Gasteiger partial charge in [-0.15, -0.1) is 0 Å². The molecule has 2 aliphatic heterocycles. The van der Waals surface area contributed by atoms with E-state index >= 15 is 0 Å². The number of piperidine rings is 1. The second-order valence-electron chi connectivity index (χ2n) is 9.64. The van der Waals surface area contributed by atoms with E-state index < -0.39 is 11.8 Å². The first-order chi connectivity index (χ1) is 18.4. The molecule has 0 aliphatic carbocycles. The Hall–Kier alpha value is -3.75. The number of aryl methyl sites for hydroxylation is 1. The molecule has 9 heteroatoms. The Morgan fingerprint density at radius 3 is 2.45 bits per heavy atom. The summed E-state index contributed by atoms with van der Waals surface area (Å²) in [5, 5.41) is 3.51. The van der Waals surface area contributed by atoms with Crippen molar-refractivity contribution < 1.29 is 19.1 Å². The van der Waals surface area contributed by atoms with Gasteiger partial charge in [-0.2, -0.15) is 0 Å². The first-order valence-corrected chi connectivity index (χ1v) is 13.0. The summed E-state index contributed by atoms with van der Waals surface area (Å²) in [5.41, 5.74) is 1.79. The number of halogens is 1. The van der Waals surface area contributed by atoms with Crippen LogP contribution in [0.4, 0.5) is 0 Å². The molecule has 8 nitrogen and oxygen atoms in total. The Morgan fingerprint density at radius 2 is 1.76 bits per heavy atom. The van der Waals surface area contributed by atoms with Gasteiger partial charge in [-0.3, -0.25) is 24.3 Å². The van der Waals surface area contributed by atoms with Crippen molar-refractivity contribution in [2.75, 3.05) is 19.7 Å². The zero-order chi connectivity index (χ0) is 26.7. The lowest BCUT2D eigenvalue weighted by Gasteiger charge is -2.44. The van der Waals surface area contributed by atoms with E-state index in [0.717, 1.165) is 11.1 Å². The van der Waals surface area contributed by atoms with Gasteiger partial charge < -0.3 is 15.0 Å². The van der Waals surface area contributed by atoms with Gasteiger partial charge >= 0.3 is 0 Å². The predicted molar refractivity (Wildman–Crippen MR) is 142 cm³/mol. The molecular formula is C29H29ClN4O4. The number of carbonyl (C=O) groups excluding carboxylic acids is 3. The Bertz CT molecular complexity index is 1320. The van der Waals surface area contributed by atoms with Crippen LogP contribution in [0.15, 0.2) is 73.1 Å². The summed E-state index contributed by atoms with van der Waals surface area (Å²) in [6.45, 7) is 3.04. The average molecular weight is 533 g/mol. The molecule has 5 rings (SSSR count). The first kappa shape index (κ1) is 25.9. The number of aromatic nitrogens is 1. The van der Waals surface area contributed by atoms with Crippen molar-refractivity contribution in [3.05, 3.63) is 100 Å². The minimum atomic E-state index is -0.980. The van der Waals surface area contributed by atoms with E-state index in [1.54, 1.807) is 52.5 Å². The molecular weight excluding hydrogens is 504 g/mol. The normalized spacial score (nSPS) is 18.4. The molecule has 1 spiro atoms. The van der Waals surface area contributed by atoms with Crippen molar-refractivity contribution in [2.24, 2.45) is 0 Å². The zero-order valence-electron chi connectivity index (χ0n) is 21.1. The SMILES string of the molecule is Cc1ccccc1C(=O)N1C(C(=O)NCc2cccnc2)COC12CCN(C(=O)c1ccc(Cl)cc1)CC2. The molecule has 0 radical (unpaired) electrons. The molecule has 1 atom stereocenters. The van der Waals surface area contributed by atoms with Crippen LogP contribution in [-0.2, 0) is 16.1 Å². The third kappa shape index (κ3) is 5.14. The van der Waals surface area contributed by atoms with Crippen LogP contribution in [0.3, 0.4) is 0 Å². The number of nitrogens with one attached hydrogen (secondary N) is 1. The van der Waals surface area contributed by atoms with Gasteiger partial charge in [0.25, 0.3) is 11.8 Å². The molecule has 3 amide bonds. The molecule has 196 valence electrons. The average Bonchev–Trinajstić information content (AvgIpc) is 3.31. The minimum absolute atomic E-state index is 0.0849. The van der Waals surface area contributed by atoms with Gasteiger partial charge in [-0.05, 0) is 54.4 Å². The highest BCUT2D eigenvalue weighted by Gasteiger charge is 2.54. The molecule has 2 saturated heterocycles. The number of ether oxygens (including phenoxy) is 1. The van der Waals surface area contributed by atoms with Gasteiger partial charge in [0, 0.05) is 61.0 Å². The van der Waals surface area contributed by atoms with Gasteiger partial charge in [0.2, 0.25) is 5.91 Å². The lowest BCUT2D eigenvalue weighted by Crippen LogP contribution is -2.59. The van der Waals surface area contributed by atoms with Gasteiger partial charge in [-0.25, -0.2) is 0 Å². The maximum Gasteiger partial charge on any atom is 0.257 e. The van der Waals surface area contributed by atoms with Crippen LogP contribution in [0.1, 0.15) is 44.7 Å². The van der Waals surface area contributed by atoms with E-state index in [-0.39, 0.29) is 24.3 Å². The number of benzene rings is 2. The summed E-state index contributed by atoms with van der Waals surface area (Å²) < 4.78 is 6.29. The van der Waals surface area contributed by atoms with E-state index in [9.17, 15) is 14.4 Å². The third-order valence-corrected chi connectivity index (χ3v) is 7.52. The largest absolute Gasteiger partial charge is 0.353 e. The fourth-order valence-electron chi connectivity index (χ4n) is 5.15. The van der Waals surface area contributed by atoms with E-state index in [1.165, 1.54) is 0 Å². The van der Waals surface area contributed by atoms with Crippen molar-refractivity contribution in [3.63, 3.8) is 0 Å². The molecule has 1 N–H and O–H groups in total. The molecule has 1 unspecified atom stereocenters. The molecule has 3 heterocycles. The Balaban J connectivity index is 1.37. The third-order valence-electron chi connectivity index (χ3n) is 7.27. The van der Waals surface area contributed by atoms with Crippen LogP contribution in [0.25, 0.3) is 0 Å². The second-order valence-corrected chi connectivity index (χ2v) is 10.1. The topological polar surface area (TPSA) is 91.8 Å². The summed E-state index contributed by atoms with van der Waals surface area (Å²) in [6.07, 6.45) is 4.16. The number of hydrogen-bond acceptors (Lipinski definition) is 5. The molecule has 38 heavy (non-hydrogen) atoms. The number of nitrogens with zero attached hydrogens (tertiary/aromatic N) is 3. The van der Waals surface area contributed by atoms with Crippen LogP contribution in [0, 0.1) is 6.92 Å². The lowest BCUT2D eigenvalue weighted by atomic mass is 9.95. The fraction of sp³-hybridized carbons (Fsp3) is 0.310. The van der Waals surface area contributed by atoms with Gasteiger partial charge in [0.05, 0.1) is 6.61 Å². The van der Waals surface area contributed by atoms with Crippen molar-refractivity contribution in [2.45, 2.75) is 38.1 Å². The number of likely N-dealkylation sites (tertiary alicyclic amines) is 1. The molecule has 2 aliphatic rings. The van der Waals surface area contributed by atoms with Crippen LogP contribution < -0.4 is 5.32 Å². The molecule has 3 aromatic rings. The summed E-state index contributed by atoms with van der Waals surface area (Å²) in [7, 11) is 0. The summed E-state index contributed by atoms with van der Waals surface area (Å²) in [5.74, 6) is -0.635. The standard InChI is InChI=1S/C29H29ClN4O4/c1-20-5-2-3-7-24(20)28(37)34-25(26(35)32-18-21-6-4-14-31-17-21)19-38-29(34)12-15-33(16-13-29)27(36)22-8-10-23(30)11-9-22/h2-11,14,17,25H,12-13,15-16,18-19H2,1H3,(H,32,35). The smallest absolute Gasteiger partial charge is 0.257 e. The number of carbonyl (C=O) groups is 3. The van der Waals surface area contributed by atoms with Crippen LogP contribution in [0.5, 0.6) is 0 Å². The maximum absolute atomic E-state index is 14.0. The Labute approximate surface area is 226 Å². The van der Waals surface area contributed by atoms with E-state index in [2.05, 4.69) is 10.3 Å².